The van der Waals surface area contributed by atoms with Crippen molar-refractivity contribution in [1.82, 2.24) is 0 Å². The van der Waals surface area contributed by atoms with Crippen LogP contribution in [0, 0.1) is 10.1 Å². The largest absolute Gasteiger partial charge is 0.462 e. The van der Waals surface area contributed by atoms with Crippen LogP contribution in [0.3, 0.4) is 0 Å². The second-order valence-electron chi connectivity index (χ2n) is 7.12. The number of rotatable bonds is 10. The minimum absolute atomic E-state index is 0.0646. The Bertz CT molecular complexity index is 1100. The Labute approximate surface area is 191 Å². The third-order valence-electron chi connectivity index (χ3n) is 4.80. The molecular formula is C25H24N2O6. The molecule has 0 fully saturated rings. The number of nitro benzene ring substituents is 1. The third kappa shape index (κ3) is 6.47. The molecule has 1 amide bonds. The van der Waals surface area contributed by atoms with Crippen LogP contribution in [0.1, 0.15) is 28.4 Å². The van der Waals surface area contributed by atoms with Crippen LogP contribution in [0.15, 0.2) is 78.9 Å². The smallest absolute Gasteiger partial charge is 0.340 e. The molecule has 0 atom stereocenters. The average Bonchev–Trinajstić information content (AvgIpc) is 2.83. The van der Waals surface area contributed by atoms with Gasteiger partial charge in [-0.1, -0.05) is 60.7 Å². The number of hydrogen-bond acceptors (Lipinski definition) is 6. The molecule has 3 aromatic rings. The highest BCUT2D eigenvalue weighted by Gasteiger charge is 2.25. The Morgan fingerprint density at radius 3 is 2.18 bits per heavy atom. The molecule has 0 saturated heterocycles. The van der Waals surface area contributed by atoms with E-state index in [2.05, 4.69) is 0 Å². The standard InChI is InChI=1S/C25H24N2O6/c1-2-33-25(29)22-14-13-21(27(30)31)15-23(22)26(16-19-9-5-3-6-10-19)24(28)18-32-17-20-11-7-4-8-12-20/h3-15H,2,16-18H2,1H3. The first kappa shape index (κ1) is 23.6. The van der Waals surface area contributed by atoms with Crippen LogP contribution in [0.5, 0.6) is 0 Å². The van der Waals surface area contributed by atoms with Gasteiger partial charge in [-0.2, -0.15) is 0 Å². The highest BCUT2D eigenvalue weighted by Crippen LogP contribution is 2.29. The number of nitrogens with zero attached hydrogens (tertiary/aromatic N) is 2. The Morgan fingerprint density at radius 1 is 0.939 bits per heavy atom. The Balaban J connectivity index is 1.93. The molecule has 3 aromatic carbocycles. The van der Waals surface area contributed by atoms with Gasteiger partial charge in [0.25, 0.3) is 11.6 Å². The third-order valence-corrected chi connectivity index (χ3v) is 4.80. The minimum atomic E-state index is -0.668. The number of amides is 1. The van der Waals surface area contributed by atoms with Gasteiger partial charge in [-0.3, -0.25) is 14.9 Å². The van der Waals surface area contributed by atoms with Gasteiger partial charge >= 0.3 is 5.97 Å². The number of hydrogen-bond donors (Lipinski definition) is 0. The summed E-state index contributed by atoms with van der Waals surface area (Å²) in [7, 11) is 0. The highest BCUT2D eigenvalue weighted by atomic mass is 16.6. The van der Waals surface area contributed by atoms with E-state index < -0.39 is 16.8 Å². The van der Waals surface area contributed by atoms with Crippen molar-refractivity contribution in [2.75, 3.05) is 18.1 Å². The molecule has 33 heavy (non-hydrogen) atoms. The Hall–Kier alpha value is -4.04. The van der Waals surface area contributed by atoms with Crippen LogP contribution in [0.4, 0.5) is 11.4 Å². The summed E-state index contributed by atoms with van der Waals surface area (Å²) in [5.74, 6) is -1.11. The molecule has 3 rings (SSSR count). The maximum atomic E-state index is 13.2. The van der Waals surface area contributed by atoms with Crippen molar-refractivity contribution in [2.24, 2.45) is 0 Å². The first-order valence-corrected chi connectivity index (χ1v) is 10.4. The van der Waals surface area contributed by atoms with E-state index in [1.165, 1.54) is 23.1 Å². The van der Waals surface area contributed by atoms with Gasteiger partial charge in [0.05, 0.1) is 35.9 Å². The van der Waals surface area contributed by atoms with Crippen molar-refractivity contribution in [3.8, 4) is 0 Å². The summed E-state index contributed by atoms with van der Waals surface area (Å²) >= 11 is 0. The number of ether oxygens (including phenoxy) is 2. The van der Waals surface area contributed by atoms with E-state index in [1.807, 2.05) is 60.7 Å². The van der Waals surface area contributed by atoms with E-state index in [1.54, 1.807) is 6.92 Å². The zero-order valence-electron chi connectivity index (χ0n) is 18.2. The van der Waals surface area contributed by atoms with Crippen molar-refractivity contribution in [2.45, 2.75) is 20.1 Å². The summed E-state index contributed by atoms with van der Waals surface area (Å²) in [5, 5.41) is 11.4. The quantitative estimate of drug-likeness (QED) is 0.257. The number of nitro groups is 1. The molecule has 0 bridgehead atoms. The molecule has 0 aliphatic heterocycles. The maximum absolute atomic E-state index is 13.2. The molecule has 0 aromatic heterocycles. The number of benzene rings is 3. The van der Waals surface area contributed by atoms with Gasteiger partial charge in [-0.25, -0.2) is 4.79 Å². The van der Waals surface area contributed by atoms with Crippen LogP contribution >= 0.6 is 0 Å². The molecule has 0 N–H and O–H groups in total. The molecule has 0 aliphatic carbocycles. The van der Waals surface area contributed by atoms with Crippen molar-refractivity contribution in [1.29, 1.82) is 0 Å². The number of carbonyl (C=O) groups is 2. The lowest BCUT2D eigenvalue weighted by molar-refractivity contribution is -0.384. The van der Waals surface area contributed by atoms with Crippen molar-refractivity contribution < 1.29 is 24.0 Å². The van der Waals surface area contributed by atoms with Crippen LogP contribution in [-0.4, -0.2) is 30.0 Å². The topological polar surface area (TPSA) is 99.0 Å². The summed E-state index contributed by atoms with van der Waals surface area (Å²) in [6.07, 6.45) is 0. The summed E-state index contributed by atoms with van der Waals surface area (Å²) in [6.45, 7) is 1.84. The molecule has 0 heterocycles. The number of carbonyl (C=O) groups excluding carboxylic acids is 2. The molecular weight excluding hydrogens is 424 g/mol. The maximum Gasteiger partial charge on any atom is 0.340 e. The normalized spacial score (nSPS) is 10.5. The fraction of sp³-hybridized carbons (Fsp3) is 0.200. The number of non-ortho nitro benzene ring substituents is 1. The first-order valence-electron chi connectivity index (χ1n) is 10.4. The van der Waals surface area contributed by atoms with Crippen LogP contribution in [-0.2, 0) is 27.4 Å². The lowest BCUT2D eigenvalue weighted by atomic mass is 10.1. The highest BCUT2D eigenvalue weighted by molar-refractivity contribution is 6.03. The fourth-order valence-electron chi connectivity index (χ4n) is 3.22. The summed E-state index contributed by atoms with van der Waals surface area (Å²) in [5.41, 5.74) is 1.61. The summed E-state index contributed by atoms with van der Waals surface area (Å²) in [4.78, 5) is 37.9. The van der Waals surface area contributed by atoms with Gasteiger partial charge in [0.2, 0.25) is 0 Å². The molecule has 0 radical (unpaired) electrons. The van der Waals surface area contributed by atoms with Gasteiger partial charge in [-0.05, 0) is 24.1 Å². The SMILES string of the molecule is CCOC(=O)c1ccc([N+](=O)[O-])cc1N(Cc1ccccc1)C(=O)COCc1ccccc1. The van der Waals surface area contributed by atoms with E-state index in [0.29, 0.717) is 0 Å². The zero-order chi connectivity index (χ0) is 23.6. The van der Waals surface area contributed by atoms with Gasteiger partial charge < -0.3 is 14.4 Å². The van der Waals surface area contributed by atoms with Crippen LogP contribution < -0.4 is 4.90 Å². The summed E-state index contributed by atoms with van der Waals surface area (Å²) < 4.78 is 10.7. The van der Waals surface area contributed by atoms with Gasteiger partial charge in [0, 0.05) is 12.1 Å². The zero-order valence-corrected chi connectivity index (χ0v) is 18.2. The fourth-order valence-corrected chi connectivity index (χ4v) is 3.22. The lowest BCUT2D eigenvalue weighted by Gasteiger charge is -2.25. The predicted octanol–water partition coefficient (Wildman–Crippen LogP) is 4.52. The molecule has 8 nitrogen and oxygen atoms in total. The van der Waals surface area contributed by atoms with Gasteiger partial charge in [0.1, 0.15) is 6.61 Å². The van der Waals surface area contributed by atoms with Gasteiger partial charge in [0.15, 0.2) is 0 Å². The molecule has 170 valence electrons. The predicted molar refractivity (Wildman–Crippen MR) is 123 cm³/mol. The second-order valence-corrected chi connectivity index (χ2v) is 7.12. The van der Waals surface area contributed by atoms with Crippen molar-refractivity contribution in [3.63, 3.8) is 0 Å². The minimum Gasteiger partial charge on any atom is -0.462 e. The molecule has 0 unspecified atom stereocenters. The second kappa shape index (κ2) is 11.5. The average molecular weight is 448 g/mol. The molecule has 8 heteroatoms. The molecule has 0 aliphatic rings. The number of esters is 1. The van der Waals surface area contributed by atoms with Crippen molar-refractivity contribution >= 4 is 23.3 Å². The summed E-state index contributed by atoms with van der Waals surface area (Å²) in [6, 6.07) is 22.3. The van der Waals surface area contributed by atoms with E-state index in [4.69, 9.17) is 9.47 Å². The van der Waals surface area contributed by atoms with E-state index >= 15 is 0 Å². The van der Waals surface area contributed by atoms with Gasteiger partial charge in [-0.15, -0.1) is 0 Å². The van der Waals surface area contributed by atoms with E-state index in [0.717, 1.165) is 11.1 Å². The first-order chi connectivity index (χ1) is 16.0. The Kier molecular flexibility index (Phi) is 8.26. The van der Waals surface area contributed by atoms with Crippen molar-refractivity contribution in [3.05, 3.63) is 106 Å². The van der Waals surface area contributed by atoms with E-state index in [-0.39, 0.29) is 43.3 Å². The van der Waals surface area contributed by atoms with Crippen LogP contribution in [0.2, 0.25) is 0 Å². The molecule has 0 spiro atoms. The van der Waals surface area contributed by atoms with E-state index in [9.17, 15) is 19.7 Å². The van der Waals surface area contributed by atoms with Crippen LogP contribution in [0.25, 0.3) is 0 Å². The lowest BCUT2D eigenvalue weighted by Crippen LogP contribution is -2.35. The number of anilines is 1. The molecule has 0 saturated carbocycles. The monoisotopic (exact) mass is 448 g/mol. The Morgan fingerprint density at radius 2 is 1.58 bits per heavy atom.